The van der Waals surface area contributed by atoms with Gasteiger partial charge in [-0.05, 0) is 32.6 Å². The second kappa shape index (κ2) is 4.35. The molecule has 0 radical (unpaired) electrons. The maximum atomic E-state index is 11.8. The molecule has 104 valence electrons. The second-order valence-electron chi connectivity index (χ2n) is 5.54. The summed E-state index contributed by atoms with van der Waals surface area (Å²) in [6.45, 7) is 1.66. The summed E-state index contributed by atoms with van der Waals surface area (Å²) in [5.74, 6) is 0.798. The Labute approximate surface area is 110 Å². The molecule has 1 spiro atoms. The maximum Gasteiger partial charge on any atom is 0.345 e. The third-order valence-electron chi connectivity index (χ3n) is 4.22. The van der Waals surface area contributed by atoms with Gasteiger partial charge in [0, 0.05) is 6.07 Å². The number of aliphatic hydroxyl groups excluding tert-OH is 2. The summed E-state index contributed by atoms with van der Waals surface area (Å²) in [6, 6.07) is 1.61. The zero-order valence-corrected chi connectivity index (χ0v) is 10.9. The molecule has 3 rings (SSSR count). The zero-order valence-electron chi connectivity index (χ0n) is 10.9. The van der Waals surface area contributed by atoms with Crippen molar-refractivity contribution in [2.75, 3.05) is 0 Å². The van der Waals surface area contributed by atoms with E-state index in [4.69, 9.17) is 9.15 Å². The van der Waals surface area contributed by atoms with Gasteiger partial charge in [0.1, 0.15) is 34.9 Å². The molecule has 5 heteroatoms. The summed E-state index contributed by atoms with van der Waals surface area (Å²) in [4.78, 5) is 11.8. The normalized spacial score (nSPS) is 28.8. The molecule has 1 aliphatic heterocycles. The summed E-state index contributed by atoms with van der Waals surface area (Å²) < 4.78 is 10.9. The van der Waals surface area contributed by atoms with E-state index in [2.05, 4.69) is 0 Å². The van der Waals surface area contributed by atoms with Crippen LogP contribution in [0.3, 0.4) is 0 Å². The first kappa shape index (κ1) is 12.7. The van der Waals surface area contributed by atoms with Gasteiger partial charge in [0.25, 0.3) is 0 Å². The number of ether oxygens (including phenoxy) is 1. The predicted molar refractivity (Wildman–Crippen MR) is 67.1 cm³/mol. The van der Waals surface area contributed by atoms with Gasteiger partial charge in [-0.25, -0.2) is 4.79 Å². The van der Waals surface area contributed by atoms with Crippen LogP contribution in [0.4, 0.5) is 0 Å². The van der Waals surface area contributed by atoms with Crippen molar-refractivity contribution in [1.29, 1.82) is 0 Å². The fourth-order valence-corrected chi connectivity index (χ4v) is 3.22. The molecule has 0 saturated heterocycles. The number of hydrogen-bond donors (Lipinski definition) is 2. The van der Waals surface area contributed by atoms with E-state index in [1.165, 1.54) is 0 Å². The van der Waals surface area contributed by atoms with E-state index in [1.807, 2.05) is 0 Å². The van der Waals surface area contributed by atoms with Gasteiger partial charge in [-0.2, -0.15) is 0 Å². The highest BCUT2D eigenvalue weighted by Crippen LogP contribution is 2.45. The molecule has 1 fully saturated rings. The van der Waals surface area contributed by atoms with Gasteiger partial charge >= 0.3 is 5.63 Å². The largest absolute Gasteiger partial charge is 0.484 e. The van der Waals surface area contributed by atoms with Crippen LogP contribution in [-0.4, -0.2) is 21.9 Å². The maximum absolute atomic E-state index is 11.8. The first-order chi connectivity index (χ1) is 9.03. The average Bonchev–Trinajstić information content (AvgIpc) is 2.36. The van der Waals surface area contributed by atoms with Gasteiger partial charge in [-0.1, -0.05) is 6.42 Å². The van der Waals surface area contributed by atoms with Crippen molar-refractivity contribution in [3.8, 4) is 5.75 Å². The molecule has 2 atom stereocenters. The SMILES string of the molecule is Cc1cc2c(c(=O)o1)[C@H](O)[C@@H](O)C1(CCCCC1)O2. The minimum Gasteiger partial charge on any atom is -0.484 e. The molecule has 2 aliphatic rings. The predicted octanol–water partition coefficient (Wildman–Crippen LogP) is 1.44. The van der Waals surface area contributed by atoms with Gasteiger partial charge in [0.15, 0.2) is 0 Å². The number of rotatable bonds is 0. The van der Waals surface area contributed by atoms with Crippen LogP contribution >= 0.6 is 0 Å². The lowest BCUT2D eigenvalue weighted by Crippen LogP contribution is -2.55. The highest BCUT2D eigenvalue weighted by atomic mass is 16.5. The number of fused-ring (bicyclic) bond motifs is 1. The Bertz CT molecular complexity index is 541. The van der Waals surface area contributed by atoms with Crippen molar-refractivity contribution in [3.05, 3.63) is 27.8 Å². The zero-order chi connectivity index (χ0) is 13.6. The second-order valence-corrected chi connectivity index (χ2v) is 5.54. The van der Waals surface area contributed by atoms with Crippen molar-refractivity contribution < 1.29 is 19.4 Å². The van der Waals surface area contributed by atoms with Crippen molar-refractivity contribution in [3.63, 3.8) is 0 Å². The van der Waals surface area contributed by atoms with E-state index in [0.717, 1.165) is 19.3 Å². The molecule has 0 amide bonds. The summed E-state index contributed by atoms with van der Waals surface area (Å²) >= 11 is 0. The lowest BCUT2D eigenvalue weighted by atomic mass is 9.76. The minimum absolute atomic E-state index is 0.0364. The van der Waals surface area contributed by atoms with Crippen molar-refractivity contribution in [2.45, 2.75) is 56.8 Å². The highest BCUT2D eigenvalue weighted by Gasteiger charge is 2.50. The van der Waals surface area contributed by atoms with Crippen molar-refractivity contribution in [1.82, 2.24) is 0 Å². The van der Waals surface area contributed by atoms with Crippen LogP contribution in [-0.2, 0) is 0 Å². The van der Waals surface area contributed by atoms with Gasteiger partial charge < -0.3 is 19.4 Å². The average molecular weight is 266 g/mol. The number of hydrogen-bond acceptors (Lipinski definition) is 5. The Morgan fingerprint density at radius 2 is 1.95 bits per heavy atom. The third kappa shape index (κ3) is 1.88. The van der Waals surface area contributed by atoms with E-state index in [-0.39, 0.29) is 5.56 Å². The van der Waals surface area contributed by atoms with Gasteiger partial charge in [-0.3, -0.25) is 0 Å². The fourth-order valence-electron chi connectivity index (χ4n) is 3.22. The Balaban J connectivity index is 2.10. The van der Waals surface area contributed by atoms with E-state index in [1.54, 1.807) is 13.0 Å². The smallest absolute Gasteiger partial charge is 0.345 e. The van der Waals surface area contributed by atoms with Crippen LogP contribution in [0.2, 0.25) is 0 Å². The standard InChI is InChI=1S/C14H18O5/c1-8-7-9-10(13(17)18-8)11(15)12(16)14(19-9)5-3-2-4-6-14/h7,11-12,15-16H,2-6H2,1H3/t11-,12+/m0/s1. The molecule has 1 aromatic rings. The molecule has 2 heterocycles. The first-order valence-corrected chi connectivity index (χ1v) is 6.73. The van der Waals surface area contributed by atoms with Gasteiger partial charge in [-0.15, -0.1) is 0 Å². The first-order valence-electron chi connectivity index (χ1n) is 6.73. The summed E-state index contributed by atoms with van der Waals surface area (Å²) in [6.07, 6.45) is 2.11. The van der Waals surface area contributed by atoms with Crippen molar-refractivity contribution in [2.24, 2.45) is 0 Å². The molecule has 19 heavy (non-hydrogen) atoms. The number of aryl methyl sites for hydroxylation is 1. The molecule has 0 bridgehead atoms. The number of aliphatic hydroxyl groups is 2. The Morgan fingerprint density at radius 1 is 1.26 bits per heavy atom. The van der Waals surface area contributed by atoms with E-state index in [9.17, 15) is 15.0 Å². The third-order valence-corrected chi connectivity index (χ3v) is 4.22. The topological polar surface area (TPSA) is 79.9 Å². The van der Waals surface area contributed by atoms with E-state index >= 15 is 0 Å². The van der Waals surface area contributed by atoms with Crippen LogP contribution in [0.1, 0.15) is 49.5 Å². The van der Waals surface area contributed by atoms with E-state index < -0.39 is 23.4 Å². The Morgan fingerprint density at radius 3 is 2.63 bits per heavy atom. The lowest BCUT2D eigenvalue weighted by molar-refractivity contribution is -0.145. The molecule has 2 N–H and O–H groups in total. The van der Waals surface area contributed by atoms with Crippen LogP contribution in [0.15, 0.2) is 15.3 Å². The Kier molecular flexibility index (Phi) is 2.91. The minimum atomic E-state index is -1.24. The van der Waals surface area contributed by atoms with Crippen molar-refractivity contribution >= 4 is 0 Å². The fraction of sp³-hybridized carbons (Fsp3) is 0.643. The van der Waals surface area contributed by atoms with Crippen LogP contribution in [0, 0.1) is 6.92 Å². The summed E-state index contributed by atoms with van der Waals surface area (Å²) in [5, 5.41) is 20.6. The molecule has 0 unspecified atom stereocenters. The summed E-state index contributed by atoms with van der Waals surface area (Å²) in [7, 11) is 0. The quantitative estimate of drug-likeness (QED) is 0.742. The van der Waals surface area contributed by atoms with Crippen LogP contribution in [0.25, 0.3) is 0 Å². The highest BCUT2D eigenvalue weighted by molar-refractivity contribution is 5.37. The summed E-state index contributed by atoms with van der Waals surface area (Å²) in [5.41, 5.74) is -1.35. The Hall–Kier alpha value is -1.33. The molecule has 0 aromatic carbocycles. The monoisotopic (exact) mass is 266 g/mol. The lowest BCUT2D eigenvalue weighted by Gasteiger charge is -2.46. The molecule has 1 aromatic heterocycles. The van der Waals surface area contributed by atoms with Gasteiger partial charge in [0.05, 0.1) is 0 Å². The molecule has 1 saturated carbocycles. The van der Waals surface area contributed by atoms with Gasteiger partial charge in [0.2, 0.25) is 0 Å². The molecule has 1 aliphatic carbocycles. The van der Waals surface area contributed by atoms with E-state index in [0.29, 0.717) is 24.4 Å². The van der Waals surface area contributed by atoms with Crippen LogP contribution in [0.5, 0.6) is 5.75 Å². The van der Waals surface area contributed by atoms with Crippen LogP contribution < -0.4 is 10.4 Å². The molecular formula is C14H18O5. The molecule has 5 nitrogen and oxygen atoms in total. The molecular weight excluding hydrogens is 248 g/mol.